The number of hydrogen-bond acceptors (Lipinski definition) is 5. The van der Waals surface area contributed by atoms with E-state index in [0.717, 1.165) is 0 Å². The Morgan fingerprint density at radius 3 is 2.62 bits per heavy atom. The highest BCUT2D eigenvalue weighted by Crippen LogP contribution is 2.17. The molecule has 16 heavy (non-hydrogen) atoms. The summed E-state index contributed by atoms with van der Waals surface area (Å²) in [4.78, 5) is 22.1. The molecule has 2 aliphatic heterocycles. The van der Waals surface area contributed by atoms with Gasteiger partial charge in [-0.25, -0.2) is 8.42 Å². The number of carbonyl (C=O) groups is 2. The van der Waals surface area contributed by atoms with Crippen molar-refractivity contribution in [1.82, 2.24) is 10.6 Å². The Bertz CT molecular complexity index is 417. The van der Waals surface area contributed by atoms with Crippen LogP contribution < -0.4 is 10.6 Å². The summed E-state index contributed by atoms with van der Waals surface area (Å²) in [6, 6.07) is -0.490. The van der Waals surface area contributed by atoms with Crippen molar-refractivity contribution in [1.29, 1.82) is 0 Å². The molecule has 0 saturated carbocycles. The molecule has 2 aliphatic rings. The summed E-state index contributed by atoms with van der Waals surface area (Å²) in [5.74, 6) is -0.113. The Morgan fingerprint density at radius 1 is 1.38 bits per heavy atom. The third-order valence-corrected chi connectivity index (χ3v) is 4.79. The third-order valence-electron chi connectivity index (χ3n) is 2.95. The van der Waals surface area contributed by atoms with Crippen molar-refractivity contribution in [3.8, 4) is 0 Å². The first-order chi connectivity index (χ1) is 7.46. The second-order valence-electron chi connectivity index (χ2n) is 4.35. The van der Waals surface area contributed by atoms with Crippen molar-refractivity contribution in [2.24, 2.45) is 5.92 Å². The molecule has 2 fully saturated rings. The van der Waals surface area contributed by atoms with Crippen molar-refractivity contribution in [3.63, 3.8) is 0 Å². The predicted molar refractivity (Wildman–Crippen MR) is 56.3 cm³/mol. The molecule has 0 aliphatic carbocycles. The molecule has 7 heteroatoms. The molecule has 0 bridgehead atoms. The van der Waals surface area contributed by atoms with Crippen LogP contribution in [0.3, 0.4) is 0 Å². The molecule has 6 nitrogen and oxygen atoms in total. The van der Waals surface area contributed by atoms with E-state index in [1.807, 2.05) is 0 Å². The first kappa shape index (κ1) is 11.5. The summed E-state index contributed by atoms with van der Waals surface area (Å²) in [5, 5.41) is 5.14. The number of imide groups is 1. The molecular weight excluding hydrogens is 232 g/mol. The molecule has 2 saturated heterocycles. The molecule has 0 radical (unpaired) electrons. The fourth-order valence-electron chi connectivity index (χ4n) is 2.06. The maximum absolute atomic E-state index is 11.2. The molecule has 0 aromatic heterocycles. The standard InChI is InChI=1S/C9H14N2O4S/c12-8-3-7(9(13)11-8)10-4-6-1-2-16(14,15)5-6/h6-7,10H,1-5H2,(H,11,12,13). The second kappa shape index (κ2) is 4.14. The Hall–Kier alpha value is -0.950. The van der Waals surface area contributed by atoms with Gasteiger partial charge in [-0.1, -0.05) is 0 Å². The summed E-state index contributed by atoms with van der Waals surface area (Å²) in [6.07, 6.45) is 0.788. The predicted octanol–water partition coefficient (Wildman–Crippen LogP) is -1.57. The first-order valence-electron chi connectivity index (χ1n) is 5.24. The second-order valence-corrected chi connectivity index (χ2v) is 6.58. The zero-order chi connectivity index (χ0) is 11.8. The van der Waals surface area contributed by atoms with Gasteiger partial charge in [-0.3, -0.25) is 14.9 Å². The fraction of sp³-hybridized carbons (Fsp3) is 0.778. The van der Waals surface area contributed by atoms with Crippen LogP contribution in [0.4, 0.5) is 0 Å². The van der Waals surface area contributed by atoms with Crippen LogP contribution in [0.15, 0.2) is 0 Å². The Kier molecular flexibility index (Phi) is 2.98. The number of hydrogen-bond donors (Lipinski definition) is 2. The maximum Gasteiger partial charge on any atom is 0.244 e. The lowest BCUT2D eigenvalue weighted by atomic mass is 10.1. The third kappa shape index (κ3) is 2.59. The molecule has 2 heterocycles. The minimum absolute atomic E-state index is 0.0634. The SMILES string of the molecule is O=C1CC(NCC2CCS(=O)(=O)C2)C(=O)N1. The molecule has 2 N–H and O–H groups in total. The average molecular weight is 246 g/mol. The largest absolute Gasteiger partial charge is 0.305 e. The van der Waals surface area contributed by atoms with Gasteiger partial charge < -0.3 is 5.32 Å². The highest BCUT2D eigenvalue weighted by Gasteiger charge is 2.32. The van der Waals surface area contributed by atoms with E-state index in [0.29, 0.717) is 13.0 Å². The van der Waals surface area contributed by atoms with E-state index < -0.39 is 15.9 Å². The van der Waals surface area contributed by atoms with Crippen molar-refractivity contribution in [2.75, 3.05) is 18.1 Å². The molecule has 2 atom stereocenters. The minimum atomic E-state index is -2.87. The van der Waals surface area contributed by atoms with Gasteiger partial charge in [0.05, 0.1) is 24.0 Å². The number of sulfone groups is 1. The van der Waals surface area contributed by atoms with E-state index in [9.17, 15) is 18.0 Å². The lowest BCUT2D eigenvalue weighted by Crippen LogP contribution is -2.39. The van der Waals surface area contributed by atoms with Gasteiger partial charge in [-0.05, 0) is 18.9 Å². The lowest BCUT2D eigenvalue weighted by Gasteiger charge is -2.12. The van der Waals surface area contributed by atoms with Gasteiger partial charge in [0.2, 0.25) is 11.8 Å². The van der Waals surface area contributed by atoms with Crippen molar-refractivity contribution in [2.45, 2.75) is 18.9 Å². The van der Waals surface area contributed by atoms with Crippen LogP contribution >= 0.6 is 0 Å². The highest BCUT2D eigenvalue weighted by atomic mass is 32.2. The van der Waals surface area contributed by atoms with Gasteiger partial charge in [0, 0.05) is 0 Å². The van der Waals surface area contributed by atoms with E-state index in [1.54, 1.807) is 0 Å². The summed E-state index contributed by atoms with van der Waals surface area (Å²) in [5.41, 5.74) is 0. The maximum atomic E-state index is 11.2. The van der Waals surface area contributed by atoms with E-state index in [-0.39, 0.29) is 35.7 Å². The molecule has 2 rings (SSSR count). The van der Waals surface area contributed by atoms with Gasteiger partial charge in [0.25, 0.3) is 0 Å². The van der Waals surface area contributed by atoms with Gasteiger partial charge in [-0.15, -0.1) is 0 Å². The summed E-state index contributed by atoms with van der Waals surface area (Å²) in [7, 11) is -2.87. The number of carbonyl (C=O) groups excluding carboxylic acids is 2. The van der Waals surface area contributed by atoms with Gasteiger partial charge in [-0.2, -0.15) is 0 Å². The Balaban J connectivity index is 1.80. The topological polar surface area (TPSA) is 92.3 Å². The van der Waals surface area contributed by atoms with Crippen molar-refractivity contribution < 1.29 is 18.0 Å². The molecular formula is C9H14N2O4S. The molecule has 90 valence electrons. The van der Waals surface area contributed by atoms with Crippen molar-refractivity contribution in [3.05, 3.63) is 0 Å². The van der Waals surface area contributed by atoms with Crippen LogP contribution in [0.5, 0.6) is 0 Å². The first-order valence-corrected chi connectivity index (χ1v) is 7.06. The number of rotatable bonds is 3. The normalized spacial score (nSPS) is 33.0. The van der Waals surface area contributed by atoms with Gasteiger partial charge in [0.15, 0.2) is 9.84 Å². The van der Waals surface area contributed by atoms with Crippen LogP contribution in [0.2, 0.25) is 0 Å². The smallest absolute Gasteiger partial charge is 0.244 e. The van der Waals surface area contributed by atoms with E-state index in [1.165, 1.54) is 0 Å². The highest BCUT2D eigenvalue weighted by molar-refractivity contribution is 7.91. The molecule has 0 aromatic rings. The van der Waals surface area contributed by atoms with Crippen LogP contribution in [0, 0.1) is 5.92 Å². The number of nitrogens with one attached hydrogen (secondary N) is 2. The fourth-order valence-corrected chi connectivity index (χ4v) is 3.92. The van der Waals surface area contributed by atoms with Crippen LogP contribution in [0.1, 0.15) is 12.8 Å². The number of amides is 2. The quantitative estimate of drug-likeness (QED) is 0.587. The average Bonchev–Trinajstić information content (AvgIpc) is 2.66. The van der Waals surface area contributed by atoms with Crippen molar-refractivity contribution >= 4 is 21.7 Å². The summed E-state index contributed by atoms with van der Waals surface area (Å²) in [6.45, 7) is 0.477. The van der Waals surface area contributed by atoms with Gasteiger partial charge >= 0.3 is 0 Å². The zero-order valence-corrected chi connectivity index (χ0v) is 9.55. The Morgan fingerprint density at radius 2 is 2.12 bits per heavy atom. The monoisotopic (exact) mass is 246 g/mol. The van der Waals surface area contributed by atoms with Crippen LogP contribution in [-0.4, -0.2) is 44.3 Å². The van der Waals surface area contributed by atoms with E-state index in [2.05, 4.69) is 10.6 Å². The molecule has 0 aromatic carbocycles. The van der Waals surface area contributed by atoms with E-state index >= 15 is 0 Å². The molecule has 2 unspecified atom stereocenters. The summed E-state index contributed by atoms with van der Waals surface area (Å²) < 4.78 is 22.4. The zero-order valence-electron chi connectivity index (χ0n) is 8.73. The van der Waals surface area contributed by atoms with Gasteiger partial charge in [0.1, 0.15) is 0 Å². The minimum Gasteiger partial charge on any atom is -0.305 e. The summed E-state index contributed by atoms with van der Waals surface area (Å²) >= 11 is 0. The van der Waals surface area contributed by atoms with Crippen LogP contribution in [-0.2, 0) is 19.4 Å². The Labute approximate surface area is 93.7 Å². The molecule has 0 spiro atoms. The van der Waals surface area contributed by atoms with E-state index in [4.69, 9.17) is 0 Å². The molecule has 2 amide bonds. The van der Waals surface area contributed by atoms with Crippen LogP contribution in [0.25, 0.3) is 0 Å². The lowest BCUT2D eigenvalue weighted by molar-refractivity contribution is -0.125.